The molecule has 6 heteroatoms. The molecule has 1 aliphatic rings. The van der Waals surface area contributed by atoms with Crippen molar-refractivity contribution >= 4 is 23.2 Å². The van der Waals surface area contributed by atoms with Crippen LogP contribution in [0.2, 0.25) is 0 Å². The van der Waals surface area contributed by atoms with E-state index in [1.807, 2.05) is 36.6 Å². The average Bonchev–Trinajstić information content (AvgIpc) is 3.16. The molecule has 2 amide bonds. The number of carbonyl (C=O) groups excluding carboxylic acids is 2. The van der Waals surface area contributed by atoms with Gasteiger partial charge in [0.25, 0.3) is 5.91 Å². The molecule has 1 aliphatic heterocycles. The van der Waals surface area contributed by atoms with Gasteiger partial charge in [0.15, 0.2) is 0 Å². The molecule has 2 aromatic rings. The van der Waals surface area contributed by atoms with Crippen LogP contribution in [0.5, 0.6) is 0 Å². The standard InChI is InChI=1S/C18H21N3O2S/c1-13(14-6-8-19-9-7-14)20-17(22)15-4-2-10-21(12-15)18(23)16-5-3-11-24-16/h3,5-9,11,13,15H,2,4,10,12H2,1H3,(H,20,22)/t13-,15-/m0/s1. The zero-order chi connectivity index (χ0) is 16.9. The summed E-state index contributed by atoms with van der Waals surface area (Å²) in [7, 11) is 0. The van der Waals surface area contributed by atoms with Crippen molar-refractivity contribution in [3.63, 3.8) is 0 Å². The topological polar surface area (TPSA) is 62.3 Å². The Morgan fingerprint density at radius 3 is 2.83 bits per heavy atom. The maximum absolute atomic E-state index is 12.6. The molecule has 0 unspecified atom stereocenters. The fourth-order valence-electron chi connectivity index (χ4n) is 3.00. The van der Waals surface area contributed by atoms with E-state index in [9.17, 15) is 9.59 Å². The number of rotatable bonds is 4. The minimum Gasteiger partial charge on any atom is -0.349 e. The number of pyridine rings is 1. The number of amides is 2. The second-order valence-electron chi connectivity index (χ2n) is 6.08. The number of hydrogen-bond donors (Lipinski definition) is 1. The lowest BCUT2D eigenvalue weighted by Crippen LogP contribution is -2.45. The maximum atomic E-state index is 12.6. The predicted molar refractivity (Wildman–Crippen MR) is 93.7 cm³/mol. The first-order chi connectivity index (χ1) is 11.6. The van der Waals surface area contributed by atoms with Crippen LogP contribution in [0.15, 0.2) is 42.0 Å². The largest absolute Gasteiger partial charge is 0.349 e. The van der Waals surface area contributed by atoms with Crippen LogP contribution in [0.25, 0.3) is 0 Å². The van der Waals surface area contributed by atoms with Gasteiger partial charge in [-0.05, 0) is 48.9 Å². The average molecular weight is 343 g/mol. The number of nitrogens with one attached hydrogen (secondary N) is 1. The summed E-state index contributed by atoms with van der Waals surface area (Å²) in [5.41, 5.74) is 1.03. The van der Waals surface area contributed by atoms with Crippen LogP contribution < -0.4 is 5.32 Å². The lowest BCUT2D eigenvalue weighted by Gasteiger charge is -2.32. The zero-order valence-corrected chi connectivity index (χ0v) is 14.5. The molecule has 126 valence electrons. The first-order valence-corrected chi connectivity index (χ1v) is 9.06. The highest BCUT2D eigenvalue weighted by molar-refractivity contribution is 7.12. The third-order valence-electron chi connectivity index (χ3n) is 4.38. The molecule has 1 fully saturated rings. The molecule has 1 saturated heterocycles. The number of hydrogen-bond acceptors (Lipinski definition) is 4. The minimum absolute atomic E-state index is 0.0167. The summed E-state index contributed by atoms with van der Waals surface area (Å²) >= 11 is 1.44. The van der Waals surface area contributed by atoms with Crippen LogP contribution >= 0.6 is 11.3 Å². The molecule has 5 nitrogen and oxygen atoms in total. The Labute approximate surface area is 145 Å². The summed E-state index contributed by atoms with van der Waals surface area (Å²) in [4.78, 5) is 31.6. The van der Waals surface area contributed by atoms with Crippen molar-refractivity contribution in [2.75, 3.05) is 13.1 Å². The quantitative estimate of drug-likeness (QED) is 0.928. The van der Waals surface area contributed by atoms with Gasteiger partial charge in [0, 0.05) is 25.5 Å². The van der Waals surface area contributed by atoms with Crippen molar-refractivity contribution < 1.29 is 9.59 Å². The summed E-state index contributed by atoms with van der Waals surface area (Å²) in [5, 5.41) is 4.96. The Balaban J connectivity index is 1.60. The van der Waals surface area contributed by atoms with Gasteiger partial charge >= 0.3 is 0 Å². The van der Waals surface area contributed by atoms with E-state index >= 15 is 0 Å². The van der Waals surface area contributed by atoms with Gasteiger partial charge < -0.3 is 10.2 Å². The van der Waals surface area contributed by atoms with Gasteiger partial charge in [-0.2, -0.15) is 0 Å². The number of carbonyl (C=O) groups is 2. The molecule has 2 aromatic heterocycles. The smallest absolute Gasteiger partial charge is 0.263 e. The van der Waals surface area contributed by atoms with Gasteiger partial charge in [-0.15, -0.1) is 11.3 Å². The third-order valence-corrected chi connectivity index (χ3v) is 5.23. The first-order valence-electron chi connectivity index (χ1n) is 8.18. The molecule has 3 heterocycles. The van der Waals surface area contributed by atoms with E-state index in [1.165, 1.54) is 11.3 Å². The van der Waals surface area contributed by atoms with Gasteiger partial charge in [-0.3, -0.25) is 14.6 Å². The number of piperidine rings is 1. The molecular formula is C18H21N3O2S. The molecule has 0 saturated carbocycles. The van der Waals surface area contributed by atoms with E-state index in [4.69, 9.17) is 0 Å². The highest BCUT2D eigenvalue weighted by Crippen LogP contribution is 2.22. The van der Waals surface area contributed by atoms with Crippen molar-refractivity contribution in [1.29, 1.82) is 0 Å². The van der Waals surface area contributed by atoms with Gasteiger partial charge in [-0.1, -0.05) is 6.07 Å². The number of nitrogens with zero attached hydrogens (tertiary/aromatic N) is 2. The summed E-state index contributed by atoms with van der Waals surface area (Å²) in [6, 6.07) is 7.45. The van der Waals surface area contributed by atoms with Crippen LogP contribution in [0.4, 0.5) is 0 Å². The molecule has 2 atom stereocenters. The third kappa shape index (κ3) is 3.82. The SMILES string of the molecule is C[C@H](NC(=O)[C@H]1CCCN(C(=O)c2cccs2)C1)c1ccncc1. The monoisotopic (exact) mass is 343 g/mol. The van der Waals surface area contributed by atoms with Crippen molar-refractivity contribution in [3.05, 3.63) is 52.5 Å². The Morgan fingerprint density at radius 2 is 2.12 bits per heavy atom. The van der Waals surface area contributed by atoms with Crippen LogP contribution in [0.1, 0.15) is 41.0 Å². The fourth-order valence-corrected chi connectivity index (χ4v) is 3.69. The van der Waals surface area contributed by atoms with Crippen LogP contribution in [-0.2, 0) is 4.79 Å². The molecule has 0 bridgehead atoms. The van der Waals surface area contributed by atoms with Gasteiger partial charge in [0.2, 0.25) is 5.91 Å². The molecule has 24 heavy (non-hydrogen) atoms. The minimum atomic E-state index is -0.146. The van der Waals surface area contributed by atoms with E-state index in [0.29, 0.717) is 6.54 Å². The number of likely N-dealkylation sites (tertiary alicyclic amines) is 1. The normalized spacial score (nSPS) is 18.9. The molecule has 0 spiro atoms. The summed E-state index contributed by atoms with van der Waals surface area (Å²) in [6.45, 7) is 3.18. The molecule has 3 rings (SSSR count). The lowest BCUT2D eigenvalue weighted by molar-refractivity contribution is -0.127. The molecule has 0 aromatic carbocycles. The summed E-state index contributed by atoms with van der Waals surface area (Å²) < 4.78 is 0. The van der Waals surface area contributed by atoms with Crippen LogP contribution in [0.3, 0.4) is 0 Å². The fraction of sp³-hybridized carbons (Fsp3) is 0.389. The van der Waals surface area contributed by atoms with Crippen LogP contribution in [-0.4, -0.2) is 34.8 Å². The predicted octanol–water partition coefficient (Wildman–Crippen LogP) is 2.87. The Bertz CT molecular complexity index is 688. The van der Waals surface area contributed by atoms with Gasteiger partial charge in [0.1, 0.15) is 0 Å². The molecule has 0 aliphatic carbocycles. The number of aromatic nitrogens is 1. The van der Waals surface area contributed by atoms with E-state index < -0.39 is 0 Å². The van der Waals surface area contributed by atoms with E-state index in [0.717, 1.165) is 29.8 Å². The summed E-state index contributed by atoms with van der Waals surface area (Å²) in [5.74, 6) is -0.0976. The van der Waals surface area contributed by atoms with E-state index in [1.54, 1.807) is 17.3 Å². The zero-order valence-electron chi connectivity index (χ0n) is 13.6. The Morgan fingerprint density at radius 1 is 1.33 bits per heavy atom. The molecule has 1 N–H and O–H groups in total. The maximum Gasteiger partial charge on any atom is 0.263 e. The summed E-state index contributed by atoms with van der Waals surface area (Å²) in [6.07, 6.45) is 5.13. The Hall–Kier alpha value is -2.21. The Kier molecular flexibility index (Phi) is 5.25. The molecular weight excluding hydrogens is 322 g/mol. The van der Waals surface area contributed by atoms with E-state index in [-0.39, 0.29) is 23.8 Å². The number of thiophene rings is 1. The second kappa shape index (κ2) is 7.57. The van der Waals surface area contributed by atoms with Crippen molar-refractivity contribution in [1.82, 2.24) is 15.2 Å². The van der Waals surface area contributed by atoms with E-state index in [2.05, 4.69) is 10.3 Å². The van der Waals surface area contributed by atoms with Crippen molar-refractivity contribution in [2.45, 2.75) is 25.8 Å². The van der Waals surface area contributed by atoms with Crippen molar-refractivity contribution in [2.24, 2.45) is 5.92 Å². The highest BCUT2D eigenvalue weighted by Gasteiger charge is 2.29. The van der Waals surface area contributed by atoms with Crippen molar-refractivity contribution in [3.8, 4) is 0 Å². The molecule has 0 radical (unpaired) electrons. The first kappa shape index (κ1) is 16.6. The van der Waals surface area contributed by atoms with Crippen LogP contribution in [0, 0.1) is 5.92 Å². The lowest BCUT2D eigenvalue weighted by atomic mass is 9.96. The van der Waals surface area contributed by atoms with Gasteiger partial charge in [0.05, 0.1) is 16.8 Å². The van der Waals surface area contributed by atoms with Gasteiger partial charge in [-0.25, -0.2) is 0 Å². The highest BCUT2D eigenvalue weighted by atomic mass is 32.1. The second-order valence-corrected chi connectivity index (χ2v) is 7.03.